The first-order chi connectivity index (χ1) is 12.0. The molecule has 0 amide bonds. The summed E-state index contributed by atoms with van der Waals surface area (Å²) in [5, 5.41) is 13.0. The van der Waals surface area contributed by atoms with Crippen LogP contribution in [0.1, 0.15) is 16.8 Å². The van der Waals surface area contributed by atoms with Gasteiger partial charge in [0.15, 0.2) is 0 Å². The first-order valence-electron chi connectivity index (χ1n) is 7.85. The van der Waals surface area contributed by atoms with Crippen molar-refractivity contribution in [1.29, 1.82) is 0 Å². The number of alkyl halides is 1. The molecule has 0 saturated carbocycles. The zero-order valence-electron chi connectivity index (χ0n) is 13.3. The Labute approximate surface area is 143 Å². The van der Waals surface area contributed by atoms with Crippen molar-refractivity contribution in [2.24, 2.45) is 0 Å². The predicted molar refractivity (Wildman–Crippen MR) is 90.3 cm³/mol. The van der Waals surface area contributed by atoms with E-state index in [4.69, 9.17) is 5.11 Å². The summed E-state index contributed by atoms with van der Waals surface area (Å²) in [6.07, 6.45) is 2.74. The lowest BCUT2D eigenvalue weighted by atomic mass is 10.2. The third kappa shape index (κ3) is 3.93. The van der Waals surface area contributed by atoms with E-state index in [0.717, 1.165) is 5.69 Å². The van der Waals surface area contributed by atoms with Gasteiger partial charge >= 0.3 is 5.97 Å². The Morgan fingerprint density at radius 1 is 1.24 bits per heavy atom. The minimum absolute atomic E-state index is 0.160. The minimum atomic E-state index is -1.01. The number of hydrogen-bond donors (Lipinski definition) is 1. The van der Waals surface area contributed by atoms with Crippen LogP contribution in [-0.4, -0.2) is 40.0 Å². The predicted octanol–water partition coefficient (Wildman–Crippen LogP) is 3.41. The fraction of sp³-hybridized carbons (Fsp3) is 0.222. The van der Waals surface area contributed by atoms with Crippen LogP contribution in [0, 0.1) is 5.82 Å². The maximum Gasteiger partial charge on any atom is 0.339 e. The zero-order chi connectivity index (χ0) is 17.8. The van der Waals surface area contributed by atoms with Crippen molar-refractivity contribution < 1.29 is 18.7 Å². The molecule has 5 nitrogen and oxygen atoms in total. The largest absolute Gasteiger partial charge is 0.478 e. The number of nitrogens with zero attached hydrogens (tertiary/aromatic N) is 3. The summed E-state index contributed by atoms with van der Waals surface area (Å²) >= 11 is 0. The highest BCUT2D eigenvalue weighted by molar-refractivity contribution is 5.95. The monoisotopic (exact) mass is 345 g/mol. The Hall–Kier alpha value is -2.96. The molecule has 1 N–H and O–H groups in total. The lowest BCUT2D eigenvalue weighted by Gasteiger charge is -2.17. The van der Waals surface area contributed by atoms with Gasteiger partial charge in [-0.3, -0.25) is 0 Å². The highest BCUT2D eigenvalue weighted by Crippen LogP contribution is 2.24. The molecule has 1 atom stereocenters. The molecule has 1 fully saturated rings. The molecule has 7 heteroatoms. The van der Waals surface area contributed by atoms with Crippen molar-refractivity contribution in [1.82, 2.24) is 9.61 Å². The number of aromatic carboxylic acids is 1. The Kier molecular flexibility index (Phi) is 4.92. The average Bonchev–Trinajstić information content (AvgIpc) is 3.21. The average molecular weight is 345 g/mol. The van der Waals surface area contributed by atoms with Gasteiger partial charge in [0.1, 0.15) is 17.6 Å². The number of pyridine rings is 1. The number of carboxylic acids is 1. The van der Waals surface area contributed by atoms with E-state index in [-0.39, 0.29) is 11.4 Å². The van der Waals surface area contributed by atoms with Gasteiger partial charge in [0.2, 0.25) is 0 Å². The van der Waals surface area contributed by atoms with Crippen LogP contribution < -0.4 is 4.90 Å². The van der Waals surface area contributed by atoms with Gasteiger partial charge in [-0.1, -0.05) is 18.2 Å². The van der Waals surface area contributed by atoms with E-state index in [1.54, 1.807) is 30.5 Å². The van der Waals surface area contributed by atoms with Crippen LogP contribution in [0.5, 0.6) is 0 Å². The number of carbonyl (C=O) groups is 1. The summed E-state index contributed by atoms with van der Waals surface area (Å²) in [6, 6.07) is 11.5. The molecule has 3 heterocycles. The van der Waals surface area contributed by atoms with Gasteiger partial charge in [-0.25, -0.2) is 18.1 Å². The summed E-state index contributed by atoms with van der Waals surface area (Å²) in [6.45, 7) is 1.03. The molecule has 1 aliphatic rings. The Bertz CT molecular complexity index is 867. The second-order valence-corrected chi connectivity index (χ2v) is 5.71. The van der Waals surface area contributed by atoms with Crippen LogP contribution in [0.4, 0.5) is 14.5 Å². The van der Waals surface area contributed by atoms with Gasteiger partial charge in [0, 0.05) is 25.0 Å². The smallest absolute Gasteiger partial charge is 0.339 e. The van der Waals surface area contributed by atoms with E-state index in [1.807, 2.05) is 11.0 Å². The number of halogens is 2. The van der Waals surface area contributed by atoms with Crippen LogP contribution in [-0.2, 0) is 0 Å². The van der Waals surface area contributed by atoms with Crippen LogP contribution >= 0.6 is 0 Å². The number of hydrogen-bond acceptors (Lipinski definition) is 3. The molecule has 0 aliphatic carbocycles. The third-order valence-corrected chi connectivity index (χ3v) is 3.96. The molecule has 2 aromatic heterocycles. The quantitative estimate of drug-likeness (QED) is 0.773. The van der Waals surface area contributed by atoms with Gasteiger partial charge in [-0.05, 0) is 30.7 Å². The SMILES string of the molecule is Fc1ccccc1.O=C(O)c1cnn2ccc(N3CCC(F)C3)cc12. The number of anilines is 1. The van der Waals surface area contributed by atoms with Crippen LogP contribution in [0.2, 0.25) is 0 Å². The fourth-order valence-electron chi connectivity index (χ4n) is 2.70. The van der Waals surface area contributed by atoms with Crippen molar-refractivity contribution in [3.05, 3.63) is 66.2 Å². The molecule has 3 aromatic rings. The van der Waals surface area contributed by atoms with E-state index < -0.39 is 12.1 Å². The second-order valence-electron chi connectivity index (χ2n) is 5.71. The molecule has 130 valence electrons. The van der Waals surface area contributed by atoms with E-state index >= 15 is 0 Å². The molecule has 1 aliphatic heterocycles. The highest BCUT2D eigenvalue weighted by Gasteiger charge is 2.22. The zero-order valence-corrected chi connectivity index (χ0v) is 13.3. The first-order valence-corrected chi connectivity index (χ1v) is 7.85. The Morgan fingerprint density at radius 2 is 2.00 bits per heavy atom. The molecule has 0 bridgehead atoms. The first kappa shape index (κ1) is 16.9. The summed E-state index contributed by atoms with van der Waals surface area (Å²) < 4.78 is 26.6. The molecule has 1 unspecified atom stereocenters. The Morgan fingerprint density at radius 3 is 2.56 bits per heavy atom. The summed E-state index contributed by atoms with van der Waals surface area (Å²) in [5.41, 5.74) is 1.53. The van der Waals surface area contributed by atoms with Crippen LogP contribution in [0.3, 0.4) is 0 Å². The lowest BCUT2D eigenvalue weighted by molar-refractivity contribution is 0.0699. The van der Waals surface area contributed by atoms with Gasteiger partial charge in [-0.15, -0.1) is 0 Å². The van der Waals surface area contributed by atoms with E-state index in [0.29, 0.717) is 25.0 Å². The van der Waals surface area contributed by atoms with E-state index in [9.17, 15) is 13.6 Å². The maximum absolute atomic E-state index is 13.2. The maximum atomic E-state index is 13.2. The number of carboxylic acid groups (broad SMARTS) is 1. The van der Waals surface area contributed by atoms with Crippen molar-refractivity contribution >= 4 is 17.2 Å². The molecule has 25 heavy (non-hydrogen) atoms. The van der Waals surface area contributed by atoms with Gasteiger partial charge < -0.3 is 10.0 Å². The van der Waals surface area contributed by atoms with Crippen molar-refractivity contribution in [3.8, 4) is 0 Å². The molecule has 0 radical (unpaired) electrons. The van der Waals surface area contributed by atoms with Crippen molar-refractivity contribution in [2.75, 3.05) is 18.0 Å². The van der Waals surface area contributed by atoms with Crippen LogP contribution in [0.25, 0.3) is 5.52 Å². The normalized spacial score (nSPS) is 16.6. The lowest BCUT2D eigenvalue weighted by Crippen LogP contribution is -2.20. The molecule has 1 aromatic carbocycles. The second kappa shape index (κ2) is 7.29. The fourth-order valence-corrected chi connectivity index (χ4v) is 2.70. The molecule has 1 saturated heterocycles. The van der Waals surface area contributed by atoms with E-state index in [1.165, 1.54) is 22.8 Å². The van der Waals surface area contributed by atoms with Crippen molar-refractivity contribution in [2.45, 2.75) is 12.6 Å². The van der Waals surface area contributed by atoms with E-state index in [2.05, 4.69) is 5.10 Å². The molecule has 4 rings (SSSR count). The summed E-state index contributed by atoms with van der Waals surface area (Å²) in [4.78, 5) is 13.0. The van der Waals surface area contributed by atoms with Gasteiger partial charge in [0.05, 0.1) is 11.7 Å². The number of benzene rings is 1. The van der Waals surface area contributed by atoms with Gasteiger partial charge in [0.25, 0.3) is 0 Å². The summed E-state index contributed by atoms with van der Waals surface area (Å²) in [5.74, 6) is -1.19. The third-order valence-electron chi connectivity index (χ3n) is 3.96. The topological polar surface area (TPSA) is 57.8 Å². The Balaban J connectivity index is 0.000000219. The standard InChI is InChI=1S/C12H12FN3O2.C6H5F/c13-8-1-3-15(7-8)9-2-4-16-11(5-9)10(6-14-16)12(17)18;7-6-4-2-1-3-5-6/h2,4-6,8H,1,3,7H2,(H,17,18);1-5H. The molecule has 0 spiro atoms. The highest BCUT2D eigenvalue weighted by atomic mass is 19.1. The summed E-state index contributed by atoms with van der Waals surface area (Å²) in [7, 11) is 0. The molecular formula is C18H17F2N3O2. The number of fused-ring (bicyclic) bond motifs is 1. The number of aromatic nitrogens is 2. The van der Waals surface area contributed by atoms with Crippen LogP contribution in [0.15, 0.2) is 54.9 Å². The number of rotatable bonds is 2. The molecular weight excluding hydrogens is 328 g/mol. The van der Waals surface area contributed by atoms with Crippen molar-refractivity contribution in [3.63, 3.8) is 0 Å². The minimum Gasteiger partial charge on any atom is -0.478 e. The van der Waals surface area contributed by atoms with Gasteiger partial charge in [-0.2, -0.15) is 5.10 Å².